The number of pyridine rings is 1. The summed E-state index contributed by atoms with van der Waals surface area (Å²) in [6.45, 7) is 0. The van der Waals surface area contributed by atoms with Gasteiger partial charge in [-0.15, -0.1) is 0 Å². The van der Waals surface area contributed by atoms with Gasteiger partial charge in [-0.1, -0.05) is 0 Å². The zero-order chi connectivity index (χ0) is 8.27. The molecule has 4 nitrogen and oxygen atoms in total. The molecule has 0 aliphatic heterocycles. The van der Waals surface area contributed by atoms with Crippen molar-refractivity contribution < 1.29 is 26.0 Å². The van der Waals surface area contributed by atoms with Crippen molar-refractivity contribution in [1.29, 1.82) is 0 Å². The first-order valence-electron chi connectivity index (χ1n) is 2.64. The van der Waals surface area contributed by atoms with E-state index in [1.165, 1.54) is 12.3 Å². The van der Waals surface area contributed by atoms with Gasteiger partial charge in [0.05, 0.1) is 0 Å². The van der Waals surface area contributed by atoms with E-state index < -0.39 is 4.92 Å². The molecule has 7 heteroatoms. The van der Waals surface area contributed by atoms with E-state index >= 15 is 0 Å². The van der Waals surface area contributed by atoms with Crippen LogP contribution in [0.2, 0.25) is 0 Å². The molecule has 0 saturated heterocycles. The maximum atomic E-state index is 10.1. The van der Waals surface area contributed by atoms with Gasteiger partial charge in [-0.3, -0.25) is 10.8 Å². The van der Waals surface area contributed by atoms with Crippen LogP contribution in [0.15, 0.2) is 23.2 Å². The molecule has 1 rings (SSSR count). The molecular weight excluding hydrogens is 368 g/mol. The smallest absolute Gasteiger partial charge is 0.363 e. The van der Waals surface area contributed by atoms with Crippen LogP contribution in [0.5, 0.6) is 0 Å². The number of hydrogen-bond acceptors (Lipinski definition) is 5. The van der Waals surface area contributed by atoms with E-state index in [2.05, 4.69) is 16.6 Å². The molecule has 0 N–H and O–H groups in total. The number of aromatic nitrogens is 1. The Morgan fingerprint density at radius 1 is 1.58 bits per heavy atom. The second-order valence-corrected chi connectivity index (χ2v) is 2.83. The second-order valence-electron chi connectivity index (χ2n) is 1.69. The molecule has 1 heterocycles. The number of nitrogens with zero attached hydrogens (tertiary/aromatic N) is 2. The molecule has 1 aromatic heterocycles. The summed E-state index contributed by atoms with van der Waals surface area (Å²) in [5.74, 6) is -0.155. The van der Waals surface area contributed by atoms with Crippen LogP contribution in [-0.4, -0.2) is 9.91 Å². The van der Waals surface area contributed by atoms with Gasteiger partial charge in [-0.2, -0.15) is 0 Å². The van der Waals surface area contributed by atoms with Crippen LogP contribution in [0.25, 0.3) is 0 Å². The van der Waals surface area contributed by atoms with Crippen LogP contribution < -0.4 is 0 Å². The molecule has 0 spiro atoms. The largest absolute Gasteiger partial charge is 0.714 e. The zero-order valence-electron chi connectivity index (χ0n) is 5.67. The molecule has 0 atom stereocenters. The van der Waals surface area contributed by atoms with Crippen LogP contribution in [-0.2, 0) is 32.7 Å². The first-order valence-corrected chi connectivity index (χ1v) is 4.38. The topological polar surface area (TPSA) is 56.0 Å². The minimum absolute atomic E-state index is 0. The quantitative estimate of drug-likeness (QED) is 0.342. The van der Waals surface area contributed by atoms with Crippen molar-refractivity contribution in [2.24, 2.45) is 0 Å². The van der Waals surface area contributed by atoms with Crippen molar-refractivity contribution in [1.82, 2.24) is 4.98 Å². The summed E-state index contributed by atoms with van der Waals surface area (Å²) in [6.07, 6.45) is 1.38. The Bertz CT molecular complexity index is 267. The molecule has 0 radical (unpaired) electrons. The zero-order valence-corrected chi connectivity index (χ0v) is 10.2. The van der Waals surface area contributed by atoms with Crippen LogP contribution in [0.4, 0.5) is 5.82 Å². The molecule has 0 saturated carbocycles. The van der Waals surface area contributed by atoms with Gasteiger partial charge < -0.3 is 21.8 Å². The van der Waals surface area contributed by atoms with E-state index in [1.54, 1.807) is 6.07 Å². The first kappa shape index (κ1) is 11.9. The third-order valence-corrected chi connectivity index (χ3v) is 2.02. The standard InChI is InChI=1S/C5H4N2O2S2.W/c8-7(9)5-2-1-4(11-10)3-6-5;/h1-3,10H;/p-1. The van der Waals surface area contributed by atoms with E-state index in [9.17, 15) is 10.1 Å². The van der Waals surface area contributed by atoms with Gasteiger partial charge in [0.25, 0.3) is 0 Å². The average molecular weight is 371 g/mol. The molecule has 0 unspecified atom stereocenters. The van der Waals surface area contributed by atoms with Crippen LogP contribution in [0, 0.1) is 10.1 Å². The van der Waals surface area contributed by atoms with E-state index in [-0.39, 0.29) is 26.9 Å². The molecular formula is C5H3N2O2S2W-. The van der Waals surface area contributed by atoms with E-state index in [1.807, 2.05) is 0 Å². The van der Waals surface area contributed by atoms with Gasteiger partial charge in [0.1, 0.15) is 0 Å². The fourth-order valence-corrected chi connectivity index (χ4v) is 1.04. The van der Waals surface area contributed by atoms with Gasteiger partial charge in [0, 0.05) is 32.0 Å². The Balaban J connectivity index is 0.00000121. The molecule has 0 amide bonds. The predicted octanol–water partition coefficient (Wildman–Crippen LogP) is 1.54. The monoisotopic (exact) mass is 371 g/mol. The van der Waals surface area contributed by atoms with Gasteiger partial charge >= 0.3 is 5.82 Å². The van der Waals surface area contributed by atoms with Crippen molar-refractivity contribution in [3.05, 3.63) is 28.4 Å². The van der Waals surface area contributed by atoms with E-state index in [0.717, 1.165) is 15.7 Å². The van der Waals surface area contributed by atoms with Crippen molar-refractivity contribution >= 4 is 28.3 Å². The molecule has 12 heavy (non-hydrogen) atoms. The summed E-state index contributed by atoms with van der Waals surface area (Å²) in [6, 6.07) is 2.90. The molecule has 0 aromatic carbocycles. The number of hydrogen-bond donors (Lipinski definition) is 0. The Kier molecular flexibility index (Phi) is 5.53. The van der Waals surface area contributed by atoms with Crippen molar-refractivity contribution in [2.45, 2.75) is 4.90 Å². The molecule has 0 fully saturated rings. The Morgan fingerprint density at radius 2 is 2.25 bits per heavy atom. The molecule has 0 bridgehead atoms. The summed E-state index contributed by atoms with van der Waals surface area (Å²) in [5, 5.41) is 10.1. The van der Waals surface area contributed by atoms with E-state index in [0.29, 0.717) is 0 Å². The minimum atomic E-state index is -0.544. The van der Waals surface area contributed by atoms with Crippen LogP contribution in [0.1, 0.15) is 0 Å². The minimum Gasteiger partial charge on any atom is -0.714 e. The average Bonchev–Trinajstić information content (AvgIpc) is 2.05. The number of nitro groups is 1. The fourth-order valence-electron chi connectivity index (χ4n) is 0.530. The molecule has 0 aliphatic rings. The predicted molar refractivity (Wildman–Crippen MR) is 44.1 cm³/mol. The summed E-state index contributed by atoms with van der Waals surface area (Å²) in [5.41, 5.74) is 0. The summed E-state index contributed by atoms with van der Waals surface area (Å²) >= 11 is 4.63. The second kappa shape index (κ2) is 5.56. The van der Waals surface area contributed by atoms with Crippen molar-refractivity contribution in [3.63, 3.8) is 0 Å². The van der Waals surface area contributed by atoms with Gasteiger partial charge in [-0.05, 0) is 16.0 Å². The Hall–Kier alpha value is -0.0617. The van der Waals surface area contributed by atoms with Gasteiger partial charge in [0.2, 0.25) is 0 Å². The molecule has 0 aliphatic carbocycles. The number of rotatable bonds is 2. The summed E-state index contributed by atoms with van der Waals surface area (Å²) < 4.78 is 0. The van der Waals surface area contributed by atoms with Crippen molar-refractivity contribution in [3.8, 4) is 0 Å². The van der Waals surface area contributed by atoms with Crippen LogP contribution in [0.3, 0.4) is 0 Å². The van der Waals surface area contributed by atoms with Gasteiger partial charge in [-0.25, -0.2) is 0 Å². The van der Waals surface area contributed by atoms with E-state index in [4.69, 9.17) is 0 Å². The molecule has 64 valence electrons. The summed E-state index contributed by atoms with van der Waals surface area (Å²) in [4.78, 5) is 13.9. The Labute approximate surface area is 92.4 Å². The maximum Gasteiger partial charge on any atom is 0.363 e. The first-order chi connectivity index (χ1) is 5.24. The third-order valence-electron chi connectivity index (χ3n) is 1.00. The van der Waals surface area contributed by atoms with Crippen molar-refractivity contribution in [2.75, 3.05) is 0 Å². The normalized spacial score (nSPS) is 8.75. The fraction of sp³-hybridized carbons (Fsp3) is 0. The molecule has 1 aromatic rings. The maximum absolute atomic E-state index is 10.1. The third kappa shape index (κ3) is 3.13. The summed E-state index contributed by atoms with van der Waals surface area (Å²) in [7, 11) is 1.09. The SMILES string of the molecule is O=[N+]([O-])c1ccc(S[S-])cn1.[W]. The Morgan fingerprint density at radius 3 is 2.58 bits per heavy atom. The van der Waals surface area contributed by atoms with Gasteiger partial charge in [0.15, 0.2) is 6.20 Å². The van der Waals surface area contributed by atoms with Crippen LogP contribution >= 0.6 is 10.8 Å².